The molecule has 0 aliphatic carbocycles. The van der Waals surface area contributed by atoms with Crippen LogP contribution in [0.2, 0.25) is 5.02 Å². The van der Waals surface area contributed by atoms with Gasteiger partial charge in [0.1, 0.15) is 0 Å². The molecule has 1 heterocycles. The number of nitrogens with one attached hydrogen (secondary N) is 2. The summed E-state index contributed by atoms with van der Waals surface area (Å²) in [4.78, 5) is 14.3. The van der Waals surface area contributed by atoms with Crippen molar-refractivity contribution < 1.29 is 4.79 Å². The van der Waals surface area contributed by atoms with E-state index < -0.39 is 0 Å². The van der Waals surface area contributed by atoms with Gasteiger partial charge in [-0.2, -0.15) is 0 Å². The van der Waals surface area contributed by atoms with Crippen molar-refractivity contribution in [3.63, 3.8) is 0 Å². The summed E-state index contributed by atoms with van der Waals surface area (Å²) in [6.45, 7) is 4.29. The van der Waals surface area contributed by atoms with Crippen LogP contribution in [0.1, 0.15) is 32.1 Å². The van der Waals surface area contributed by atoms with Gasteiger partial charge < -0.3 is 15.5 Å². The molecule has 1 aliphatic rings. The topological polar surface area (TPSA) is 44.4 Å². The van der Waals surface area contributed by atoms with Crippen molar-refractivity contribution in [3.05, 3.63) is 27.7 Å². The third-order valence-corrected chi connectivity index (χ3v) is 4.62. The molecule has 1 aromatic carbocycles. The third-order valence-electron chi connectivity index (χ3n) is 3.81. The Morgan fingerprint density at radius 3 is 2.73 bits per heavy atom. The van der Waals surface area contributed by atoms with E-state index in [4.69, 9.17) is 11.6 Å². The quantitative estimate of drug-likeness (QED) is 0.705. The number of likely N-dealkylation sites (tertiary alicyclic amines) is 1. The smallest absolute Gasteiger partial charge is 0.319 e. The summed E-state index contributed by atoms with van der Waals surface area (Å²) < 4.78 is 0.890. The molecule has 0 unspecified atom stereocenters. The molecule has 1 aliphatic heterocycles. The fourth-order valence-electron chi connectivity index (χ4n) is 2.60. The Kier molecular flexibility index (Phi) is 7.49. The molecule has 0 atom stereocenters. The highest BCUT2D eigenvalue weighted by Gasteiger charge is 2.09. The van der Waals surface area contributed by atoms with Gasteiger partial charge in [-0.05, 0) is 63.5 Å². The van der Waals surface area contributed by atoms with Crippen molar-refractivity contribution in [2.24, 2.45) is 0 Å². The predicted molar refractivity (Wildman–Crippen MR) is 95.7 cm³/mol. The molecule has 0 aromatic heterocycles. The number of benzene rings is 1. The predicted octanol–water partition coefficient (Wildman–Crippen LogP) is 4.49. The van der Waals surface area contributed by atoms with Crippen molar-refractivity contribution in [3.8, 4) is 0 Å². The summed E-state index contributed by atoms with van der Waals surface area (Å²) in [5, 5.41) is 6.16. The average molecular weight is 389 g/mol. The highest BCUT2D eigenvalue weighted by atomic mass is 79.9. The van der Waals surface area contributed by atoms with Crippen molar-refractivity contribution in [1.82, 2.24) is 10.2 Å². The molecule has 6 heteroatoms. The lowest BCUT2D eigenvalue weighted by atomic mass is 10.1. The molecule has 122 valence electrons. The van der Waals surface area contributed by atoms with E-state index in [1.54, 1.807) is 12.1 Å². The number of unbranched alkanes of at least 4 members (excludes halogenated alkanes) is 1. The molecule has 1 saturated heterocycles. The van der Waals surface area contributed by atoms with Crippen LogP contribution in [0.4, 0.5) is 10.5 Å². The van der Waals surface area contributed by atoms with Crippen molar-refractivity contribution in [1.29, 1.82) is 0 Å². The molecular formula is C16H23BrClN3O. The maximum Gasteiger partial charge on any atom is 0.319 e. The summed E-state index contributed by atoms with van der Waals surface area (Å²) in [6.07, 6.45) is 6.15. The van der Waals surface area contributed by atoms with Crippen LogP contribution in [0.3, 0.4) is 0 Å². The minimum atomic E-state index is -0.206. The minimum Gasteiger partial charge on any atom is -0.338 e. The number of rotatable bonds is 6. The van der Waals surface area contributed by atoms with Gasteiger partial charge >= 0.3 is 6.03 Å². The molecule has 2 amide bonds. The lowest BCUT2D eigenvalue weighted by Crippen LogP contribution is -2.32. The first-order valence-corrected chi connectivity index (χ1v) is 9.04. The Morgan fingerprint density at radius 1 is 1.23 bits per heavy atom. The second-order valence-corrected chi connectivity index (χ2v) is 6.94. The van der Waals surface area contributed by atoms with Gasteiger partial charge in [0.2, 0.25) is 0 Å². The standard InChI is InChI=1S/C16H23BrClN3O/c17-13-6-7-15(14(18)12-13)20-16(22)19-8-2-5-11-21-9-3-1-4-10-21/h6-7,12H,1-5,8-11H2,(H2,19,20,22). The van der Waals surface area contributed by atoms with Crippen LogP contribution in [0, 0.1) is 0 Å². The van der Waals surface area contributed by atoms with Crippen LogP contribution < -0.4 is 10.6 Å². The van der Waals surface area contributed by atoms with E-state index in [1.165, 1.54) is 32.4 Å². The summed E-state index contributed by atoms with van der Waals surface area (Å²) >= 11 is 9.40. The minimum absolute atomic E-state index is 0.206. The van der Waals surface area contributed by atoms with Crippen molar-refractivity contribution >= 4 is 39.2 Å². The van der Waals surface area contributed by atoms with Crippen LogP contribution >= 0.6 is 27.5 Å². The van der Waals surface area contributed by atoms with Crippen LogP contribution in [-0.2, 0) is 0 Å². The number of amides is 2. The van der Waals surface area contributed by atoms with Gasteiger partial charge in [0.05, 0.1) is 10.7 Å². The van der Waals surface area contributed by atoms with Gasteiger partial charge in [-0.15, -0.1) is 0 Å². The van der Waals surface area contributed by atoms with Crippen LogP contribution in [0.5, 0.6) is 0 Å². The zero-order valence-electron chi connectivity index (χ0n) is 12.7. The van der Waals surface area contributed by atoms with Gasteiger partial charge in [-0.1, -0.05) is 34.0 Å². The number of urea groups is 1. The lowest BCUT2D eigenvalue weighted by molar-refractivity contribution is 0.224. The van der Waals surface area contributed by atoms with E-state index in [1.807, 2.05) is 6.07 Å². The summed E-state index contributed by atoms with van der Waals surface area (Å²) in [5.74, 6) is 0. The number of anilines is 1. The number of carbonyl (C=O) groups is 1. The fraction of sp³-hybridized carbons (Fsp3) is 0.562. The lowest BCUT2D eigenvalue weighted by Gasteiger charge is -2.26. The molecule has 2 N–H and O–H groups in total. The molecule has 0 spiro atoms. The maximum atomic E-state index is 11.8. The van der Waals surface area contributed by atoms with Crippen molar-refractivity contribution in [2.45, 2.75) is 32.1 Å². The molecule has 1 fully saturated rings. The first kappa shape index (κ1) is 17.6. The average Bonchev–Trinajstić information content (AvgIpc) is 2.51. The molecule has 0 bridgehead atoms. The molecule has 1 aromatic rings. The molecule has 22 heavy (non-hydrogen) atoms. The number of halogens is 2. The number of nitrogens with zero attached hydrogens (tertiary/aromatic N) is 1. The molecular weight excluding hydrogens is 366 g/mol. The zero-order chi connectivity index (χ0) is 15.8. The van der Waals surface area contributed by atoms with Crippen LogP contribution in [0.15, 0.2) is 22.7 Å². The number of piperidine rings is 1. The SMILES string of the molecule is O=C(NCCCCN1CCCCC1)Nc1ccc(Br)cc1Cl. The van der Waals surface area contributed by atoms with Gasteiger partial charge in [-0.3, -0.25) is 0 Å². The molecule has 4 nitrogen and oxygen atoms in total. The first-order valence-electron chi connectivity index (χ1n) is 7.87. The largest absolute Gasteiger partial charge is 0.338 e. The Labute approximate surface area is 145 Å². The van der Waals surface area contributed by atoms with Crippen LogP contribution in [0.25, 0.3) is 0 Å². The first-order chi connectivity index (χ1) is 10.6. The third kappa shape index (κ3) is 6.15. The highest BCUT2D eigenvalue weighted by molar-refractivity contribution is 9.10. The summed E-state index contributed by atoms with van der Waals surface area (Å²) in [5.41, 5.74) is 0.621. The monoisotopic (exact) mass is 387 g/mol. The Morgan fingerprint density at radius 2 is 2.00 bits per heavy atom. The summed E-state index contributed by atoms with van der Waals surface area (Å²) in [7, 11) is 0. The van der Waals surface area contributed by atoms with Crippen molar-refractivity contribution in [2.75, 3.05) is 31.5 Å². The Balaban J connectivity index is 1.59. The molecule has 0 radical (unpaired) electrons. The van der Waals surface area contributed by atoms with Crippen LogP contribution in [-0.4, -0.2) is 37.1 Å². The van der Waals surface area contributed by atoms with E-state index in [0.29, 0.717) is 17.3 Å². The van der Waals surface area contributed by atoms with E-state index in [0.717, 1.165) is 23.9 Å². The van der Waals surface area contributed by atoms with E-state index in [2.05, 4.69) is 31.5 Å². The second kappa shape index (κ2) is 9.38. The molecule has 0 saturated carbocycles. The van der Waals surface area contributed by atoms with E-state index in [9.17, 15) is 4.79 Å². The van der Waals surface area contributed by atoms with E-state index in [-0.39, 0.29) is 6.03 Å². The normalized spacial score (nSPS) is 15.5. The summed E-state index contributed by atoms with van der Waals surface area (Å²) in [6, 6.07) is 5.18. The second-order valence-electron chi connectivity index (χ2n) is 5.61. The Bertz CT molecular complexity index is 492. The zero-order valence-corrected chi connectivity index (χ0v) is 15.0. The van der Waals surface area contributed by atoms with Gasteiger partial charge in [-0.25, -0.2) is 4.79 Å². The van der Waals surface area contributed by atoms with E-state index >= 15 is 0 Å². The van der Waals surface area contributed by atoms with Gasteiger partial charge in [0.25, 0.3) is 0 Å². The number of carbonyl (C=O) groups excluding carboxylic acids is 1. The highest BCUT2D eigenvalue weighted by Crippen LogP contribution is 2.25. The fourth-order valence-corrected chi connectivity index (χ4v) is 3.32. The molecule has 2 rings (SSSR count). The van der Waals surface area contributed by atoms with Gasteiger partial charge in [0.15, 0.2) is 0 Å². The Hall–Kier alpha value is -0.780. The number of hydrogen-bond donors (Lipinski definition) is 2. The maximum absolute atomic E-state index is 11.8. The number of hydrogen-bond acceptors (Lipinski definition) is 2. The van der Waals surface area contributed by atoms with Gasteiger partial charge in [0, 0.05) is 11.0 Å².